The van der Waals surface area contributed by atoms with Crippen LogP contribution in [-0.4, -0.2) is 29.2 Å². The van der Waals surface area contributed by atoms with E-state index in [1.807, 2.05) is 30.3 Å². The number of nitrogens with one attached hydrogen (secondary N) is 1. The van der Waals surface area contributed by atoms with Crippen LogP contribution in [0.4, 0.5) is 34.1 Å². The van der Waals surface area contributed by atoms with Gasteiger partial charge in [0.15, 0.2) is 5.75 Å². The molecule has 3 N–H and O–H groups in total. The molecular weight excluding hydrogens is 680 g/mol. The van der Waals surface area contributed by atoms with Crippen molar-refractivity contribution in [2.75, 3.05) is 5.32 Å². The maximum atomic E-state index is 12.1. The molecule has 15 heteroatoms. The van der Waals surface area contributed by atoms with E-state index in [0.29, 0.717) is 22.4 Å². The van der Waals surface area contributed by atoms with E-state index in [9.17, 15) is 33.1 Å². The van der Waals surface area contributed by atoms with Gasteiger partial charge < -0.3 is 30.0 Å². The number of anilines is 2. The molecule has 12 nitrogen and oxygen atoms in total. The molecular formula is C35H23N5Na2O7S. The van der Waals surface area contributed by atoms with Gasteiger partial charge >= 0.3 is 59.1 Å². The molecule has 0 aliphatic rings. The first-order valence-corrected chi connectivity index (χ1v) is 15.6. The van der Waals surface area contributed by atoms with Crippen molar-refractivity contribution in [1.29, 1.82) is 0 Å². The third kappa shape index (κ3) is 9.01. The fourth-order valence-corrected chi connectivity index (χ4v) is 5.45. The Morgan fingerprint density at radius 2 is 1.20 bits per heavy atom. The number of rotatable bonds is 9. The quantitative estimate of drug-likeness (QED) is 0.115. The molecule has 0 atom stereocenters. The van der Waals surface area contributed by atoms with E-state index in [2.05, 4.69) is 25.8 Å². The number of carboxylic acids is 1. The van der Waals surface area contributed by atoms with Crippen molar-refractivity contribution >= 4 is 61.0 Å². The van der Waals surface area contributed by atoms with Crippen LogP contribution >= 0.6 is 0 Å². The Morgan fingerprint density at radius 1 is 0.640 bits per heavy atom. The number of carbonyl (C=O) groups excluding carboxylic acids is 1. The van der Waals surface area contributed by atoms with Crippen LogP contribution in [0.3, 0.4) is 0 Å². The molecule has 6 aromatic rings. The summed E-state index contributed by atoms with van der Waals surface area (Å²) in [5, 5.41) is 51.8. The van der Waals surface area contributed by atoms with Crippen molar-refractivity contribution in [2.24, 2.45) is 20.5 Å². The topological polar surface area (TPSA) is 199 Å². The Kier molecular flexibility index (Phi) is 12.7. The van der Waals surface area contributed by atoms with Crippen molar-refractivity contribution in [3.63, 3.8) is 0 Å². The summed E-state index contributed by atoms with van der Waals surface area (Å²) in [4.78, 5) is 10.4. The van der Waals surface area contributed by atoms with Gasteiger partial charge in [0.05, 0.1) is 27.9 Å². The Balaban J connectivity index is 0.00000281. The molecule has 238 valence electrons. The standard InChI is InChI=1S/C35H25N5O7S.2Na/c41-31-17-16-28(20-30(31)35(43)44)39-37-25-11-6-21(7-12-25)22-8-13-26(14-9-22)38-40-33-32(48(45,46)47)18-23-10-15-27(19-29(23)34(33)42)36-24-4-2-1-3-5-24;;/h1-20,36,41-42H,(H,43,44)(H,45,46,47);;/q;2*+1/p-2. The molecule has 6 rings (SSSR count). The minimum absolute atomic E-state index is 0. The van der Waals surface area contributed by atoms with Crippen molar-refractivity contribution < 1.29 is 92.2 Å². The van der Waals surface area contributed by atoms with Crippen molar-refractivity contribution in [3.8, 4) is 22.6 Å². The molecule has 0 saturated carbocycles. The minimum atomic E-state index is -5.01. The van der Waals surface area contributed by atoms with Gasteiger partial charge in [0.2, 0.25) is 0 Å². The second-order valence-corrected chi connectivity index (χ2v) is 11.8. The van der Waals surface area contributed by atoms with Crippen LogP contribution in [0.2, 0.25) is 0 Å². The van der Waals surface area contributed by atoms with E-state index < -0.39 is 38.2 Å². The van der Waals surface area contributed by atoms with E-state index in [0.717, 1.165) is 22.9 Å². The summed E-state index contributed by atoms with van der Waals surface area (Å²) < 4.78 is 36.4. The van der Waals surface area contributed by atoms with Crippen LogP contribution < -0.4 is 69.5 Å². The monoisotopic (exact) mass is 703 g/mol. The zero-order valence-electron chi connectivity index (χ0n) is 26.7. The summed E-state index contributed by atoms with van der Waals surface area (Å²) in [5.74, 6) is -2.45. The van der Waals surface area contributed by atoms with Crippen LogP contribution in [0.1, 0.15) is 10.4 Å². The molecule has 0 fully saturated rings. The normalized spacial score (nSPS) is 11.3. The van der Waals surface area contributed by atoms with Crippen molar-refractivity contribution in [1.82, 2.24) is 0 Å². The van der Waals surface area contributed by atoms with Gasteiger partial charge in [-0.05, 0) is 89.3 Å². The number of azo groups is 2. The fraction of sp³-hybridized carbons (Fsp3) is 0. The largest absolute Gasteiger partial charge is 1.00 e. The van der Waals surface area contributed by atoms with E-state index in [4.69, 9.17) is 0 Å². The number of carbonyl (C=O) groups is 1. The van der Waals surface area contributed by atoms with Crippen LogP contribution in [0.5, 0.6) is 11.5 Å². The molecule has 0 bridgehead atoms. The number of carboxylic acid groups (broad SMARTS) is 1. The molecule has 0 heterocycles. The average molecular weight is 704 g/mol. The number of hydrogen-bond donors (Lipinski definition) is 3. The predicted molar refractivity (Wildman–Crippen MR) is 176 cm³/mol. The summed E-state index contributed by atoms with van der Waals surface area (Å²) in [6.07, 6.45) is 0. The number of aromatic hydroxyl groups is 2. The second kappa shape index (κ2) is 16.5. The summed E-state index contributed by atoms with van der Waals surface area (Å²) in [6.45, 7) is 0. The SMILES string of the molecule is O=C([O-])c1cc(N=Nc2ccc(-c3ccc(N=Nc4c(S(=O)(=O)[O-])cc5ccc(Nc6ccccc6)cc5c4O)cc3)cc2)ccc1O.[Na+].[Na+]. The third-order valence-electron chi connectivity index (χ3n) is 7.20. The number of para-hydroxylation sites is 1. The molecule has 0 spiro atoms. The van der Waals surface area contributed by atoms with E-state index >= 15 is 0 Å². The average Bonchev–Trinajstić information content (AvgIpc) is 3.08. The zero-order valence-corrected chi connectivity index (χ0v) is 31.5. The van der Waals surface area contributed by atoms with Gasteiger partial charge in [0, 0.05) is 22.3 Å². The zero-order chi connectivity index (χ0) is 33.8. The Bertz CT molecular complexity index is 2340. The number of phenols is 2. The first kappa shape index (κ1) is 38.4. The summed E-state index contributed by atoms with van der Waals surface area (Å²) in [6, 6.07) is 33.0. The van der Waals surface area contributed by atoms with Gasteiger partial charge in [0.1, 0.15) is 21.6 Å². The van der Waals surface area contributed by atoms with Gasteiger partial charge in [-0.2, -0.15) is 15.3 Å². The first-order valence-electron chi connectivity index (χ1n) is 14.2. The maximum absolute atomic E-state index is 12.1. The third-order valence-corrected chi connectivity index (χ3v) is 8.05. The Morgan fingerprint density at radius 3 is 1.78 bits per heavy atom. The van der Waals surface area contributed by atoms with Gasteiger partial charge in [-0.15, -0.1) is 5.11 Å². The second-order valence-electron chi connectivity index (χ2n) is 10.4. The number of hydrogen-bond acceptors (Lipinski definition) is 12. The van der Waals surface area contributed by atoms with Crippen molar-refractivity contribution in [3.05, 3.63) is 127 Å². The molecule has 0 radical (unpaired) electrons. The molecule has 0 saturated heterocycles. The number of phenolic OH excluding ortho intramolecular Hbond substituents is 1. The van der Waals surface area contributed by atoms with E-state index in [-0.39, 0.29) is 75.8 Å². The predicted octanol–water partition coefficient (Wildman–Crippen LogP) is 1.77. The van der Waals surface area contributed by atoms with Gasteiger partial charge in [-0.25, -0.2) is 8.42 Å². The fourth-order valence-electron chi connectivity index (χ4n) is 4.81. The Labute approximate surface area is 330 Å². The summed E-state index contributed by atoms with van der Waals surface area (Å²) in [5.41, 5.74) is 3.27. The van der Waals surface area contributed by atoms with Crippen LogP contribution in [-0.2, 0) is 10.1 Å². The molecule has 50 heavy (non-hydrogen) atoms. The number of fused-ring (bicyclic) bond motifs is 1. The summed E-state index contributed by atoms with van der Waals surface area (Å²) in [7, 11) is -5.01. The molecule has 0 aromatic heterocycles. The number of benzene rings is 6. The number of nitrogens with zero attached hydrogens (tertiary/aromatic N) is 4. The smallest absolute Gasteiger partial charge is 0.744 e. The van der Waals surface area contributed by atoms with Gasteiger partial charge in [-0.3, -0.25) is 0 Å². The van der Waals surface area contributed by atoms with Crippen LogP contribution in [0, 0.1) is 0 Å². The van der Waals surface area contributed by atoms with Gasteiger partial charge in [-0.1, -0.05) is 48.5 Å². The van der Waals surface area contributed by atoms with Crippen LogP contribution in [0.15, 0.2) is 147 Å². The first-order chi connectivity index (χ1) is 23.0. The van der Waals surface area contributed by atoms with Gasteiger partial charge in [0.25, 0.3) is 0 Å². The molecule has 0 aliphatic heterocycles. The molecule has 0 aliphatic carbocycles. The Hall–Kier alpha value is -4.44. The summed E-state index contributed by atoms with van der Waals surface area (Å²) >= 11 is 0. The molecule has 6 aromatic carbocycles. The number of aromatic carboxylic acids is 1. The van der Waals surface area contributed by atoms with E-state index in [1.54, 1.807) is 66.7 Å². The molecule has 0 amide bonds. The van der Waals surface area contributed by atoms with Crippen molar-refractivity contribution in [2.45, 2.75) is 4.90 Å². The van der Waals surface area contributed by atoms with E-state index in [1.165, 1.54) is 18.2 Å². The van der Waals surface area contributed by atoms with Crippen LogP contribution in [0.25, 0.3) is 21.9 Å². The maximum Gasteiger partial charge on any atom is 1.00 e. The molecule has 0 unspecified atom stereocenters. The minimum Gasteiger partial charge on any atom is -0.744 e.